The number of anilines is 1. The van der Waals surface area contributed by atoms with Gasteiger partial charge >= 0.3 is 0 Å². The Labute approximate surface area is 202 Å². The fourth-order valence-electron chi connectivity index (χ4n) is 2.93. The van der Waals surface area contributed by atoms with Crippen LogP contribution in [0.4, 0.5) is 5.13 Å². The van der Waals surface area contributed by atoms with E-state index in [2.05, 4.69) is 36.4 Å². The average Bonchev–Trinajstić information content (AvgIpc) is 3.40. The Hall–Kier alpha value is -2.69. The van der Waals surface area contributed by atoms with E-state index in [0.29, 0.717) is 16.1 Å². The summed E-state index contributed by atoms with van der Waals surface area (Å²) in [5, 5.41) is 14.4. The molecule has 4 rings (SSSR count). The number of aromatic nitrogens is 4. The SMILES string of the molecule is C[C@@H](Oc1ccccc1)c1nnc(SCC(=O)Nc2nc(-c3ccc(Br)cc3)cs2)n1C. The molecule has 2 heterocycles. The highest BCUT2D eigenvalue weighted by atomic mass is 79.9. The van der Waals surface area contributed by atoms with Gasteiger partial charge in [0.2, 0.25) is 5.91 Å². The summed E-state index contributed by atoms with van der Waals surface area (Å²) < 4.78 is 8.78. The molecule has 2 aromatic heterocycles. The van der Waals surface area contributed by atoms with Crippen molar-refractivity contribution in [3.63, 3.8) is 0 Å². The third-order valence-electron chi connectivity index (χ3n) is 4.51. The lowest BCUT2D eigenvalue weighted by Crippen LogP contribution is -2.14. The second kappa shape index (κ2) is 10.3. The Kier molecular flexibility index (Phi) is 7.23. The smallest absolute Gasteiger partial charge is 0.236 e. The zero-order chi connectivity index (χ0) is 22.5. The molecule has 164 valence electrons. The molecule has 7 nitrogen and oxygen atoms in total. The largest absolute Gasteiger partial charge is 0.483 e. The van der Waals surface area contributed by atoms with Crippen LogP contribution in [0.25, 0.3) is 11.3 Å². The summed E-state index contributed by atoms with van der Waals surface area (Å²) in [5.41, 5.74) is 1.83. The van der Waals surface area contributed by atoms with Crippen LogP contribution >= 0.6 is 39.0 Å². The zero-order valence-corrected chi connectivity index (χ0v) is 20.6. The molecule has 0 fully saturated rings. The second-order valence-electron chi connectivity index (χ2n) is 6.85. The highest BCUT2D eigenvalue weighted by Crippen LogP contribution is 2.27. The van der Waals surface area contributed by atoms with Gasteiger partial charge in [0.25, 0.3) is 0 Å². The van der Waals surface area contributed by atoms with Crippen LogP contribution in [0.1, 0.15) is 18.9 Å². The van der Waals surface area contributed by atoms with Crippen LogP contribution in [0.5, 0.6) is 5.75 Å². The van der Waals surface area contributed by atoms with Gasteiger partial charge in [-0.05, 0) is 31.2 Å². The molecule has 4 aromatic rings. The van der Waals surface area contributed by atoms with E-state index in [0.717, 1.165) is 21.5 Å². The van der Waals surface area contributed by atoms with Crippen molar-refractivity contribution in [1.82, 2.24) is 19.7 Å². The molecule has 32 heavy (non-hydrogen) atoms. The molecule has 0 aliphatic heterocycles. The van der Waals surface area contributed by atoms with Crippen molar-refractivity contribution in [1.29, 1.82) is 0 Å². The molecule has 0 saturated heterocycles. The number of halogens is 1. The zero-order valence-electron chi connectivity index (χ0n) is 17.4. The fourth-order valence-corrected chi connectivity index (χ4v) is 4.65. The number of hydrogen-bond donors (Lipinski definition) is 1. The molecule has 2 aromatic carbocycles. The topological polar surface area (TPSA) is 81.9 Å². The Morgan fingerprint density at radius 1 is 1.19 bits per heavy atom. The highest BCUT2D eigenvalue weighted by Gasteiger charge is 2.18. The van der Waals surface area contributed by atoms with Gasteiger partial charge in [0.15, 0.2) is 22.2 Å². The number of para-hydroxylation sites is 1. The number of carbonyl (C=O) groups is 1. The molecular formula is C22H20BrN5O2S2. The lowest BCUT2D eigenvalue weighted by molar-refractivity contribution is -0.113. The fraction of sp³-hybridized carbons (Fsp3) is 0.182. The normalized spacial score (nSPS) is 11.8. The average molecular weight is 530 g/mol. The number of ether oxygens (including phenoxy) is 1. The van der Waals surface area contributed by atoms with Gasteiger partial charge in [0, 0.05) is 22.5 Å². The molecule has 1 atom stereocenters. The predicted molar refractivity (Wildman–Crippen MR) is 131 cm³/mol. The lowest BCUT2D eigenvalue weighted by Gasteiger charge is -2.14. The van der Waals surface area contributed by atoms with Crippen LogP contribution in [0.15, 0.2) is 69.6 Å². The van der Waals surface area contributed by atoms with E-state index >= 15 is 0 Å². The third-order valence-corrected chi connectivity index (χ3v) is 6.82. The monoisotopic (exact) mass is 529 g/mol. The van der Waals surface area contributed by atoms with Gasteiger partial charge in [0.05, 0.1) is 11.4 Å². The minimum absolute atomic E-state index is 0.148. The van der Waals surface area contributed by atoms with Crippen LogP contribution in [-0.2, 0) is 11.8 Å². The van der Waals surface area contributed by atoms with Gasteiger partial charge in [-0.3, -0.25) is 4.79 Å². The van der Waals surface area contributed by atoms with E-state index in [4.69, 9.17) is 4.74 Å². The van der Waals surface area contributed by atoms with Crippen molar-refractivity contribution in [2.24, 2.45) is 7.05 Å². The summed E-state index contributed by atoms with van der Waals surface area (Å²) in [7, 11) is 1.87. The first kappa shape index (κ1) is 22.5. The van der Waals surface area contributed by atoms with Gasteiger partial charge in [-0.2, -0.15) is 0 Å². The van der Waals surface area contributed by atoms with E-state index in [1.165, 1.54) is 23.1 Å². The molecule has 0 radical (unpaired) electrons. The van der Waals surface area contributed by atoms with Crippen LogP contribution in [0.2, 0.25) is 0 Å². The number of thioether (sulfide) groups is 1. The molecule has 0 saturated carbocycles. The predicted octanol–water partition coefficient (Wildman–Crippen LogP) is 5.57. The number of carbonyl (C=O) groups excluding carboxylic acids is 1. The summed E-state index contributed by atoms with van der Waals surface area (Å²) in [6.45, 7) is 1.92. The Bertz CT molecular complexity index is 1190. The minimum atomic E-state index is -0.273. The molecule has 0 unspecified atom stereocenters. The first-order valence-electron chi connectivity index (χ1n) is 9.74. The summed E-state index contributed by atoms with van der Waals surface area (Å²) in [5.74, 6) is 1.51. The molecule has 0 spiro atoms. The number of amides is 1. The molecular weight excluding hydrogens is 510 g/mol. The Morgan fingerprint density at radius 2 is 1.94 bits per heavy atom. The molecule has 1 N–H and O–H groups in total. The minimum Gasteiger partial charge on any atom is -0.483 e. The van der Waals surface area contributed by atoms with E-state index < -0.39 is 0 Å². The summed E-state index contributed by atoms with van der Waals surface area (Å²) >= 11 is 6.14. The van der Waals surface area contributed by atoms with Crippen LogP contribution < -0.4 is 10.1 Å². The first-order chi connectivity index (χ1) is 15.5. The van der Waals surface area contributed by atoms with Gasteiger partial charge in [0.1, 0.15) is 5.75 Å². The highest BCUT2D eigenvalue weighted by molar-refractivity contribution is 9.10. The lowest BCUT2D eigenvalue weighted by atomic mass is 10.2. The van der Waals surface area contributed by atoms with Crippen molar-refractivity contribution in [3.05, 3.63) is 70.3 Å². The molecule has 10 heteroatoms. The van der Waals surface area contributed by atoms with Crippen molar-refractivity contribution in [2.45, 2.75) is 18.2 Å². The van der Waals surface area contributed by atoms with E-state index in [1.807, 2.05) is 78.5 Å². The van der Waals surface area contributed by atoms with Crippen LogP contribution in [0.3, 0.4) is 0 Å². The maximum atomic E-state index is 12.4. The standard InChI is InChI=1S/C22H20BrN5O2S2/c1-14(30-17-6-4-3-5-7-17)20-26-27-22(28(20)2)32-13-19(29)25-21-24-18(12-31-21)15-8-10-16(23)11-9-15/h3-12,14H,13H2,1-2H3,(H,24,25,29)/t14-/m1/s1. The quantitative estimate of drug-likeness (QED) is 0.300. The van der Waals surface area contributed by atoms with Gasteiger partial charge in [-0.1, -0.05) is 58.0 Å². The number of rotatable bonds is 8. The second-order valence-corrected chi connectivity index (χ2v) is 9.57. The molecule has 1 amide bonds. The molecule has 0 bridgehead atoms. The summed E-state index contributed by atoms with van der Waals surface area (Å²) in [6, 6.07) is 17.5. The maximum absolute atomic E-state index is 12.4. The Morgan fingerprint density at radius 3 is 2.69 bits per heavy atom. The van der Waals surface area contributed by atoms with Crippen molar-refractivity contribution in [2.75, 3.05) is 11.1 Å². The Balaban J connectivity index is 1.32. The first-order valence-corrected chi connectivity index (χ1v) is 12.4. The van der Waals surface area contributed by atoms with E-state index in [9.17, 15) is 4.79 Å². The van der Waals surface area contributed by atoms with E-state index in [-0.39, 0.29) is 17.8 Å². The van der Waals surface area contributed by atoms with Crippen LogP contribution in [-0.4, -0.2) is 31.4 Å². The maximum Gasteiger partial charge on any atom is 0.236 e. The number of nitrogens with zero attached hydrogens (tertiary/aromatic N) is 4. The number of benzene rings is 2. The van der Waals surface area contributed by atoms with Gasteiger partial charge < -0.3 is 14.6 Å². The molecule has 0 aliphatic carbocycles. The number of thiazole rings is 1. The van der Waals surface area contributed by atoms with Crippen molar-refractivity contribution < 1.29 is 9.53 Å². The molecule has 0 aliphatic rings. The van der Waals surface area contributed by atoms with Crippen LogP contribution in [0, 0.1) is 0 Å². The number of hydrogen-bond acceptors (Lipinski definition) is 7. The van der Waals surface area contributed by atoms with Gasteiger partial charge in [-0.25, -0.2) is 4.98 Å². The van der Waals surface area contributed by atoms with E-state index in [1.54, 1.807) is 0 Å². The summed E-state index contributed by atoms with van der Waals surface area (Å²) in [4.78, 5) is 16.9. The van der Waals surface area contributed by atoms with Crippen molar-refractivity contribution in [3.8, 4) is 17.0 Å². The van der Waals surface area contributed by atoms with Gasteiger partial charge in [-0.15, -0.1) is 21.5 Å². The number of nitrogens with one attached hydrogen (secondary N) is 1. The summed E-state index contributed by atoms with van der Waals surface area (Å²) in [6.07, 6.45) is -0.273. The third kappa shape index (κ3) is 5.56. The van der Waals surface area contributed by atoms with Crippen molar-refractivity contribution >= 4 is 50.1 Å².